The van der Waals surface area contributed by atoms with Crippen LogP contribution in [0.1, 0.15) is 22.1 Å². The molecule has 0 fully saturated rings. The molecule has 3 rings (SSSR count). The molecule has 0 aliphatic rings. The Bertz CT molecular complexity index is 767. The zero-order chi connectivity index (χ0) is 15.4. The van der Waals surface area contributed by atoms with Gasteiger partial charge in [-0.2, -0.15) is 0 Å². The van der Waals surface area contributed by atoms with Crippen molar-refractivity contribution in [3.05, 3.63) is 72.1 Å². The van der Waals surface area contributed by atoms with Crippen molar-refractivity contribution in [1.82, 2.24) is 15.3 Å². The Morgan fingerprint density at radius 3 is 2.64 bits per heavy atom. The molecule has 0 saturated carbocycles. The summed E-state index contributed by atoms with van der Waals surface area (Å²) in [5.74, 6) is 0.951. The van der Waals surface area contributed by atoms with Gasteiger partial charge in [0, 0.05) is 11.8 Å². The Kier molecular flexibility index (Phi) is 3.96. The van der Waals surface area contributed by atoms with E-state index in [1.165, 1.54) is 0 Å². The molecule has 1 amide bonds. The molecule has 2 heterocycles. The molecule has 0 bridgehead atoms. The van der Waals surface area contributed by atoms with Gasteiger partial charge in [-0.3, -0.25) is 9.78 Å². The minimum absolute atomic E-state index is 0.225. The average Bonchev–Trinajstić information content (AvgIpc) is 2.95. The zero-order valence-electron chi connectivity index (χ0n) is 12.1. The number of carbonyl (C=O) groups excluding carboxylic acids is 1. The van der Waals surface area contributed by atoms with E-state index < -0.39 is 0 Å². The predicted octanol–water partition coefficient (Wildman–Crippen LogP) is 2.98. The maximum absolute atomic E-state index is 11.9. The van der Waals surface area contributed by atoms with Crippen molar-refractivity contribution in [2.45, 2.75) is 13.5 Å². The van der Waals surface area contributed by atoms with Crippen LogP contribution in [0.4, 0.5) is 0 Å². The van der Waals surface area contributed by atoms with Crippen LogP contribution in [-0.2, 0) is 6.54 Å². The minimum atomic E-state index is -0.252. The van der Waals surface area contributed by atoms with Crippen molar-refractivity contribution >= 4 is 5.91 Å². The Labute approximate surface area is 128 Å². The van der Waals surface area contributed by atoms with E-state index in [1.807, 2.05) is 37.3 Å². The predicted molar refractivity (Wildman–Crippen MR) is 82.1 cm³/mol. The molecule has 22 heavy (non-hydrogen) atoms. The van der Waals surface area contributed by atoms with Crippen LogP contribution in [-0.4, -0.2) is 15.9 Å². The second-order valence-electron chi connectivity index (χ2n) is 4.78. The lowest BCUT2D eigenvalue weighted by molar-refractivity contribution is 0.0942. The molecule has 0 saturated heterocycles. The first-order chi connectivity index (χ1) is 10.7. The first kappa shape index (κ1) is 14.0. The molecule has 0 radical (unpaired) electrons. The number of hydrogen-bond donors (Lipinski definition) is 1. The van der Waals surface area contributed by atoms with E-state index in [-0.39, 0.29) is 12.5 Å². The van der Waals surface area contributed by atoms with Gasteiger partial charge < -0.3 is 9.73 Å². The number of oxazole rings is 1. The van der Waals surface area contributed by atoms with E-state index in [0.717, 1.165) is 17.0 Å². The zero-order valence-corrected chi connectivity index (χ0v) is 12.1. The summed E-state index contributed by atoms with van der Waals surface area (Å²) in [6.45, 7) is 2.09. The molecule has 0 spiro atoms. The Morgan fingerprint density at radius 2 is 1.91 bits per heavy atom. The molecular formula is C17H15N3O2. The minimum Gasteiger partial charge on any atom is -0.443 e. The van der Waals surface area contributed by atoms with Crippen LogP contribution < -0.4 is 5.32 Å². The highest BCUT2D eigenvalue weighted by Gasteiger charge is 2.13. The van der Waals surface area contributed by atoms with E-state index >= 15 is 0 Å². The van der Waals surface area contributed by atoms with Gasteiger partial charge in [0.2, 0.25) is 5.89 Å². The molecule has 110 valence electrons. The second kappa shape index (κ2) is 6.22. The first-order valence-electron chi connectivity index (χ1n) is 6.95. The van der Waals surface area contributed by atoms with E-state index in [9.17, 15) is 4.79 Å². The standard InChI is InChI=1S/C17H15N3O2/c1-12-16(13-7-3-2-4-8-13)20-15(22-12)11-19-17(21)14-9-5-6-10-18-14/h2-10H,11H2,1H3,(H,19,21). The van der Waals surface area contributed by atoms with Crippen molar-refractivity contribution < 1.29 is 9.21 Å². The third-order valence-electron chi connectivity index (χ3n) is 3.19. The number of carbonyl (C=O) groups is 1. The number of pyridine rings is 1. The molecular weight excluding hydrogens is 278 g/mol. The van der Waals surface area contributed by atoms with Crippen LogP contribution in [0, 0.1) is 6.92 Å². The van der Waals surface area contributed by atoms with Gasteiger partial charge in [-0.05, 0) is 19.1 Å². The second-order valence-corrected chi connectivity index (χ2v) is 4.78. The van der Waals surface area contributed by atoms with Crippen molar-refractivity contribution in [3.8, 4) is 11.3 Å². The lowest BCUT2D eigenvalue weighted by Crippen LogP contribution is -2.23. The number of aryl methyl sites for hydroxylation is 1. The van der Waals surface area contributed by atoms with Crippen LogP contribution >= 0.6 is 0 Å². The van der Waals surface area contributed by atoms with E-state index in [0.29, 0.717) is 11.6 Å². The van der Waals surface area contributed by atoms with Crippen molar-refractivity contribution in [3.63, 3.8) is 0 Å². The number of nitrogens with zero attached hydrogens (tertiary/aromatic N) is 2. The molecule has 0 atom stereocenters. The van der Waals surface area contributed by atoms with Gasteiger partial charge >= 0.3 is 0 Å². The van der Waals surface area contributed by atoms with Crippen LogP contribution in [0.3, 0.4) is 0 Å². The molecule has 0 unspecified atom stereocenters. The summed E-state index contributed by atoms with van der Waals surface area (Å²) in [5.41, 5.74) is 2.16. The Balaban J connectivity index is 1.71. The van der Waals surface area contributed by atoms with Gasteiger partial charge in [0.25, 0.3) is 5.91 Å². The third-order valence-corrected chi connectivity index (χ3v) is 3.19. The molecule has 0 aliphatic carbocycles. The highest BCUT2D eigenvalue weighted by atomic mass is 16.4. The maximum atomic E-state index is 11.9. The summed E-state index contributed by atoms with van der Waals surface area (Å²) < 4.78 is 5.61. The normalized spacial score (nSPS) is 10.4. The smallest absolute Gasteiger partial charge is 0.270 e. The summed E-state index contributed by atoms with van der Waals surface area (Å²) in [7, 11) is 0. The number of aromatic nitrogens is 2. The topological polar surface area (TPSA) is 68.0 Å². The highest BCUT2D eigenvalue weighted by Crippen LogP contribution is 2.22. The molecule has 1 aromatic carbocycles. The van der Waals surface area contributed by atoms with Crippen LogP contribution in [0.15, 0.2) is 59.1 Å². The van der Waals surface area contributed by atoms with E-state index in [2.05, 4.69) is 15.3 Å². The van der Waals surface area contributed by atoms with Crippen LogP contribution in [0.2, 0.25) is 0 Å². The number of benzene rings is 1. The van der Waals surface area contributed by atoms with E-state index in [4.69, 9.17) is 4.42 Å². The Morgan fingerprint density at radius 1 is 1.14 bits per heavy atom. The van der Waals surface area contributed by atoms with Crippen LogP contribution in [0.5, 0.6) is 0 Å². The number of rotatable bonds is 4. The SMILES string of the molecule is Cc1oc(CNC(=O)c2ccccn2)nc1-c1ccccc1. The fourth-order valence-electron chi connectivity index (χ4n) is 2.13. The molecule has 2 aromatic heterocycles. The number of amides is 1. The monoisotopic (exact) mass is 293 g/mol. The Hall–Kier alpha value is -2.95. The largest absolute Gasteiger partial charge is 0.443 e. The molecule has 0 aliphatic heterocycles. The fourth-order valence-corrected chi connectivity index (χ4v) is 2.13. The molecule has 5 heteroatoms. The van der Waals surface area contributed by atoms with Crippen LogP contribution in [0.25, 0.3) is 11.3 Å². The highest BCUT2D eigenvalue weighted by molar-refractivity contribution is 5.92. The lowest BCUT2D eigenvalue weighted by Gasteiger charge is -2.01. The van der Waals surface area contributed by atoms with Gasteiger partial charge in [0.15, 0.2) is 0 Å². The van der Waals surface area contributed by atoms with Gasteiger partial charge in [0.1, 0.15) is 17.1 Å². The van der Waals surface area contributed by atoms with Gasteiger partial charge in [-0.1, -0.05) is 36.4 Å². The summed E-state index contributed by atoms with van der Waals surface area (Å²) in [6, 6.07) is 15.0. The summed E-state index contributed by atoms with van der Waals surface area (Å²) in [5, 5.41) is 2.75. The van der Waals surface area contributed by atoms with Gasteiger partial charge in [0.05, 0.1) is 6.54 Å². The molecule has 1 N–H and O–H groups in total. The quantitative estimate of drug-likeness (QED) is 0.803. The molecule has 3 aromatic rings. The average molecular weight is 293 g/mol. The van der Waals surface area contributed by atoms with Gasteiger partial charge in [-0.25, -0.2) is 4.98 Å². The van der Waals surface area contributed by atoms with Crippen molar-refractivity contribution in [1.29, 1.82) is 0 Å². The fraction of sp³-hybridized carbons (Fsp3) is 0.118. The number of hydrogen-bond acceptors (Lipinski definition) is 4. The third kappa shape index (κ3) is 3.03. The van der Waals surface area contributed by atoms with E-state index in [1.54, 1.807) is 24.4 Å². The summed E-state index contributed by atoms with van der Waals surface area (Å²) in [6.07, 6.45) is 1.58. The van der Waals surface area contributed by atoms with Gasteiger partial charge in [-0.15, -0.1) is 0 Å². The van der Waals surface area contributed by atoms with Crippen molar-refractivity contribution in [2.24, 2.45) is 0 Å². The molecule has 5 nitrogen and oxygen atoms in total. The summed E-state index contributed by atoms with van der Waals surface area (Å²) in [4.78, 5) is 20.4. The first-order valence-corrected chi connectivity index (χ1v) is 6.95. The lowest BCUT2D eigenvalue weighted by atomic mass is 10.1. The van der Waals surface area contributed by atoms with Crippen molar-refractivity contribution in [2.75, 3.05) is 0 Å². The maximum Gasteiger partial charge on any atom is 0.270 e. The number of nitrogens with one attached hydrogen (secondary N) is 1. The summed E-state index contributed by atoms with van der Waals surface area (Å²) >= 11 is 0.